The Balaban J connectivity index is -0.000000109. The number of allylic oxidation sites excluding steroid dienone is 4. The summed E-state index contributed by atoms with van der Waals surface area (Å²) in [6.45, 7) is 16.9. The lowest BCUT2D eigenvalue weighted by Gasteiger charge is -1.75. The molecule has 0 aliphatic carbocycles. The first-order chi connectivity index (χ1) is 5.18. The van der Waals surface area contributed by atoms with Crippen LogP contribution in [-0.4, -0.2) is 0 Å². The highest BCUT2D eigenvalue weighted by molar-refractivity contribution is 5.09. The molecule has 0 saturated heterocycles. The summed E-state index contributed by atoms with van der Waals surface area (Å²) in [6, 6.07) is 0. The molecule has 0 aromatic heterocycles. The fourth-order valence-corrected chi connectivity index (χ4v) is 0.285. The Morgan fingerprint density at radius 1 is 1.18 bits per heavy atom. The smallest absolute Gasteiger partial charge is 0.0404 e. The van der Waals surface area contributed by atoms with E-state index in [1.165, 1.54) is 0 Å². The second kappa shape index (κ2) is 22.9. The molecule has 0 aromatic rings. The first-order valence-corrected chi connectivity index (χ1v) is 4.04. The van der Waals surface area contributed by atoms with Gasteiger partial charge in [-0.3, -0.25) is 0 Å². The van der Waals surface area contributed by atoms with Crippen molar-refractivity contribution < 1.29 is 0 Å². The van der Waals surface area contributed by atoms with E-state index in [1.54, 1.807) is 6.08 Å². The second-order valence-electron chi connectivity index (χ2n) is 1.75. The standard InChI is InChI=1S/C6H10.C3H6.C2H6/c1-4-5-6(2)3;1-3-2;1-2/h4-5H,2H2,1,3H3;3H,1H2,2H3;1-2H3/b5-4+;;. The van der Waals surface area contributed by atoms with Gasteiger partial charge in [0.2, 0.25) is 0 Å². The van der Waals surface area contributed by atoms with E-state index in [0.717, 1.165) is 5.57 Å². The Kier molecular flexibility index (Phi) is 34.6. The Morgan fingerprint density at radius 2 is 1.45 bits per heavy atom. The molecule has 0 aliphatic heterocycles. The molecule has 0 spiro atoms. The number of rotatable bonds is 1. The van der Waals surface area contributed by atoms with E-state index in [0.29, 0.717) is 0 Å². The van der Waals surface area contributed by atoms with Gasteiger partial charge in [-0.15, -0.1) is 6.58 Å². The second-order valence-corrected chi connectivity index (χ2v) is 1.75. The van der Waals surface area contributed by atoms with Gasteiger partial charge in [0.15, 0.2) is 0 Å². The third-order valence-electron chi connectivity index (χ3n) is 0.451. The molecule has 0 bridgehead atoms. The Labute approximate surface area is 72.3 Å². The average Bonchev–Trinajstić information content (AvgIpc) is 1.93. The molecule has 0 saturated carbocycles. The van der Waals surface area contributed by atoms with Crippen LogP contribution in [0, 0.1) is 0 Å². The van der Waals surface area contributed by atoms with Crippen molar-refractivity contribution in [2.24, 2.45) is 0 Å². The summed E-state index contributed by atoms with van der Waals surface area (Å²) < 4.78 is 0. The van der Waals surface area contributed by atoms with Crippen LogP contribution in [0.2, 0.25) is 0 Å². The van der Waals surface area contributed by atoms with E-state index >= 15 is 0 Å². The van der Waals surface area contributed by atoms with Crippen LogP contribution in [-0.2, 0) is 0 Å². The molecule has 11 heavy (non-hydrogen) atoms. The molecular formula is C11H22. The van der Waals surface area contributed by atoms with Gasteiger partial charge in [0.25, 0.3) is 0 Å². The summed E-state index contributed by atoms with van der Waals surface area (Å²) in [5.41, 5.74) is 1.11. The maximum Gasteiger partial charge on any atom is -0.0404 e. The van der Waals surface area contributed by atoms with Crippen molar-refractivity contribution in [3.63, 3.8) is 0 Å². The van der Waals surface area contributed by atoms with Crippen molar-refractivity contribution in [1.82, 2.24) is 0 Å². The molecule has 0 heterocycles. The van der Waals surface area contributed by atoms with E-state index in [1.807, 2.05) is 46.8 Å². The topological polar surface area (TPSA) is 0 Å². The minimum absolute atomic E-state index is 1.11. The zero-order valence-corrected chi connectivity index (χ0v) is 8.65. The molecule has 0 nitrogen and oxygen atoms in total. The summed E-state index contributed by atoms with van der Waals surface area (Å²) in [5.74, 6) is 0. The lowest BCUT2D eigenvalue weighted by Crippen LogP contribution is -1.54. The Hall–Kier alpha value is -0.780. The minimum Gasteiger partial charge on any atom is -0.103 e. The summed E-state index contributed by atoms with van der Waals surface area (Å²) >= 11 is 0. The zero-order chi connectivity index (χ0) is 9.70. The van der Waals surface area contributed by atoms with Crippen LogP contribution in [0.1, 0.15) is 34.6 Å². The van der Waals surface area contributed by atoms with Crippen LogP contribution < -0.4 is 0 Å². The Morgan fingerprint density at radius 3 is 1.45 bits per heavy atom. The summed E-state index contributed by atoms with van der Waals surface area (Å²) in [5, 5.41) is 0. The van der Waals surface area contributed by atoms with Crippen molar-refractivity contribution in [1.29, 1.82) is 0 Å². The molecule has 0 rings (SSSR count). The molecule has 0 amide bonds. The normalized spacial score (nSPS) is 7.00. The van der Waals surface area contributed by atoms with E-state index < -0.39 is 0 Å². The first kappa shape index (κ1) is 16.7. The molecule has 0 N–H and O–H groups in total. The molecule has 0 radical (unpaired) electrons. The fourth-order valence-electron chi connectivity index (χ4n) is 0.285. The summed E-state index contributed by atoms with van der Waals surface area (Å²) in [7, 11) is 0. The third kappa shape index (κ3) is 97.5. The van der Waals surface area contributed by atoms with Gasteiger partial charge < -0.3 is 0 Å². The predicted molar refractivity (Wildman–Crippen MR) is 56.8 cm³/mol. The molecule has 0 heteroatoms. The van der Waals surface area contributed by atoms with Gasteiger partial charge in [-0.1, -0.05) is 44.2 Å². The van der Waals surface area contributed by atoms with Gasteiger partial charge in [0, 0.05) is 0 Å². The third-order valence-corrected chi connectivity index (χ3v) is 0.451. The SMILES string of the molecule is C=C(C)/C=C/C.C=CC.CC. The van der Waals surface area contributed by atoms with Crippen molar-refractivity contribution >= 4 is 0 Å². The summed E-state index contributed by atoms with van der Waals surface area (Å²) in [6.07, 6.45) is 5.70. The number of hydrogen-bond acceptors (Lipinski definition) is 0. The largest absolute Gasteiger partial charge is 0.103 e. The van der Waals surface area contributed by atoms with Crippen LogP contribution in [0.25, 0.3) is 0 Å². The van der Waals surface area contributed by atoms with Crippen molar-refractivity contribution in [3.8, 4) is 0 Å². The number of hydrogen-bond donors (Lipinski definition) is 0. The van der Waals surface area contributed by atoms with Gasteiger partial charge >= 0.3 is 0 Å². The Bertz CT molecular complexity index is 96.6. The van der Waals surface area contributed by atoms with Crippen molar-refractivity contribution in [2.75, 3.05) is 0 Å². The van der Waals surface area contributed by atoms with Crippen LogP contribution in [0.5, 0.6) is 0 Å². The monoisotopic (exact) mass is 154 g/mol. The minimum atomic E-state index is 1.11. The molecule has 0 aromatic carbocycles. The molecular weight excluding hydrogens is 132 g/mol. The molecule has 0 atom stereocenters. The highest BCUT2D eigenvalue weighted by Crippen LogP contribution is 1.85. The van der Waals surface area contributed by atoms with Crippen LogP contribution in [0.15, 0.2) is 37.0 Å². The highest BCUT2D eigenvalue weighted by atomic mass is 13.7. The average molecular weight is 154 g/mol. The van der Waals surface area contributed by atoms with Crippen LogP contribution in [0.3, 0.4) is 0 Å². The van der Waals surface area contributed by atoms with Crippen molar-refractivity contribution in [3.05, 3.63) is 37.0 Å². The van der Waals surface area contributed by atoms with Gasteiger partial charge in [0.1, 0.15) is 0 Å². The van der Waals surface area contributed by atoms with Crippen LogP contribution >= 0.6 is 0 Å². The lowest BCUT2D eigenvalue weighted by molar-refractivity contribution is 1.50. The first-order valence-electron chi connectivity index (χ1n) is 4.04. The van der Waals surface area contributed by atoms with Gasteiger partial charge in [-0.05, 0) is 20.8 Å². The van der Waals surface area contributed by atoms with Gasteiger partial charge in [0.05, 0.1) is 0 Å². The van der Waals surface area contributed by atoms with Gasteiger partial charge in [-0.25, -0.2) is 0 Å². The molecule has 66 valence electrons. The summed E-state index contributed by atoms with van der Waals surface area (Å²) in [4.78, 5) is 0. The van der Waals surface area contributed by atoms with Crippen LogP contribution in [0.4, 0.5) is 0 Å². The van der Waals surface area contributed by atoms with Crippen molar-refractivity contribution in [2.45, 2.75) is 34.6 Å². The van der Waals surface area contributed by atoms with E-state index in [-0.39, 0.29) is 0 Å². The fraction of sp³-hybridized carbons (Fsp3) is 0.455. The lowest BCUT2D eigenvalue weighted by atomic mass is 10.3. The highest BCUT2D eigenvalue weighted by Gasteiger charge is 1.63. The molecule has 0 fully saturated rings. The van der Waals surface area contributed by atoms with E-state index in [9.17, 15) is 0 Å². The predicted octanol–water partition coefficient (Wildman–Crippen LogP) is 4.36. The molecule has 0 aliphatic rings. The quantitative estimate of drug-likeness (QED) is 0.389. The van der Waals surface area contributed by atoms with E-state index in [2.05, 4.69) is 13.2 Å². The van der Waals surface area contributed by atoms with Gasteiger partial charge in [-0.2, -0.15) is 0 Å². The zero-order valence-electron chi connectivity index (χ0n) is 8.65. The molecule has 0 unspecified atom stereocenters. The van der Waals surface area contributed by atoms with E-state index in [4.69, 9.17) is 0 Å². The maximum atomic E-state index is 3.66. The maximum absolute atomic E-state index is 3.66.